The third kappa shape index (κ3) is 4.00. The first-order valence-corrected chi connectivity index (χ1v) is 7.50. The van der Waals surface area contributed by atoms with Crippen molar-refractivity contribution >= 4 is 17.5 Å². The molecule has 0 aliphatic carbocycles. The molecule has 2 aromatic rings. The maximum absolute atomic E-state index is 13.5. The van der Waals surface area contributed by atoms with Crippen molar-refractivity contribution in [3.05, 3.63) is 63.4 Å². The number of carbonyl (C=O) groups excluding carboxylic acids is 1. The van der Waals surface area contributed by atoms with Crippen LogP contribution in [0.5, 0.6) is 5.75 Å². The van der Waals surface area contributed by atoms with E-state index in [9.17, 15) is 18.0 Å². The van der Waals surface area contributed by atoms with Crippen LogP contribution in [0.25, 0.3) is 0 Å². The lowest BCUT2D eigenvalue weighted by molar-refractivity contribution is 0.0941. The lowest BCUT2D eigenvalue weighted by atomic mass is 10.1. The lowest BCUT2D eigenvalue weighted by Crippen LogP contribution is -2.29. The first kappa shape index (κ1) is 18.1. The number of nitrogens with one attached hydrogen (secondary N) is 1. The number of hydrogen-bond donors (Lipinski definition) is 1. The number of benzene rings is 2. The second kappa shape index (κ2) is 7.57. The molecular weight excluding hydrogens is 343 g/mol. The Kier molecular flexibility index (Phi) is 5.72. The zero-order chi connectivity index (χ0) is 17.9. The van der Waals surface area contributed by atoms with Crippen molar-refractivity contribution in [2.75, 3.05) is 13.2 Å². The summed E-state index contributed by atoms with van der Waals surface area (Å²) < 4.78 is 44.9. The minimum Gasteiger partial charge on any atom is -0.492 e. The third-order valence-corrected chi connectivity index (χ3v) is 3.94. The van der Waals surface area contributed by atoms with Crippen molar-refractivity contribution in [2.45, 2.75) is 13.8 Å². The van der Waals surface area contributed by atoms with Gasteiger partial charge in [0.1, 0.15) is 12.4 Å². The molecule has 3 nitrogen and oxygen atoms in total. The molecular formula is C17H15ClF3NO2. The Morgan fingerprint density at radius 1 is 1.12 bits per heavy atom. The molecule has 0 aliphatic rings. The number of aryl methyl sites for hydroxylation is 2. The summed E-state index contributed by atoms with van der Waals surface area (Å²) in [6.07, 6.45) is 0. The Hall–Kier alpha value is -2.21. The van der Waals surface area contributed by atoms with Crippen LogP contribution in [0.4, 0.5) is 13.2 Å². The summed E-state index contributed by atoms with van der Waals surface area (Å²) in [6, 6.07) is 5.09. The zero-order valence-corrected chi connectivity index (χ0v) is 13.8. The maximum Gasteiger partial charge on any atom is 0.254 e. The topological polar surface area (TPSA) is 38.3 Å². The van der Waals surface area contributed by atoms with Crippen LogP contribution in [0, 0.1) is 31.3 Å². The van der Waals surface area contributed by atoms with Crippen LogP contribution in [0.15, 0.2) is 24.3 Å². The van der Waals surface area contributed by atoms with Gasteiger partial charge >= 0.3 is 0 Å². The van der Waals surface area contributed by atoms with Gasteiger partial charge in [-0.25, -0.2) is 13.2 Å². The molecule has 7 heteroatoms. The fraction of sp³-hybridized carbons (Fsp3) is 0.235. The van der Waals surface area contributed by atoms with Crippen molar-refractivity contribution in [1.29, 1.82) is 0 Å². The van der Waals surface area contributed by atoms with E-state index >= 15 is 0 Å². The average molecular weight is 358 g/mol. The Bertz CT molecular complexity index is 758. The summed E-state index contributed by atoms with van der Waals surface area (Å²) in [6.45, 7) is 3.88. The van der Waals surface area contributed by atoms with Crippen LogP contribution in [0.1, 0.15) is 21.5 Å². The van der Waals surface area contributed by atoms with Gasteiger partial charge in [-0.2, -0.15) is 0 Å². The molecule has 0 atom stereocenters. The second-order valence-electron chi connectivity index (χ2n) is 5.20. The molecule has 1 N–H and O–H groups in total. The summed E-state index contributed by atoms with van der Waals surface area (Å²) in [5.74, 6) is -4.80. The summed E-state index contributed by atoms with van der Waals surface area (Å²) in [5, 5.41) is 3.04. The van der Waals surface area contributed by atoms with Gasteiger partial charge in [-0.05, 0) is 49.2 Å². The van der Waals surface area contributed by atoms with Gasteiger partial charge in [0.05, 0.1) is 12.1 Å². The highest BCUT2D eigenvalue weighted by Gasteiger charge is 2.18. The molecule has 0 saturated heterocycles. The lowest BCUT2D eigenvalue weighted by Gasteiger charge is -2.11. The summed E-state index contributed by atoms with van der Waals surface area (Å²) in [5.41, 5.74) is 1.16. The largest absolute Gasteiger partial charge is 0.492 e. The number of amides is 1. The SMILES string of the molecule is Cc1cc(OCCNC(=O)c2ccc(F)c(F)c2F)cc(C)c1Cl. The van der Waals surface area contributed by atoms with Gasteiger partial charge in [0.25, 0.3) is 5.91 Å². The van der Waals surface area contributed by atoms with E-state index in [1.807, 2.05) is 13.8 Å². The van der Waals surface area contributed by atoms with Crippen LogP contribution in [-0.2, 0) is 0 Å². The minimum atomic E-state index is -1.67. The minimum absolute atomic E-state index is 0.0675. The van der Waals surface area contributed by atoms with E-state index in [1.165, 1.54) is 0 Å². The molecule has 1 amide bonds. The molecule has 0 bridgehead atoms. The van der Waals surface area contributed by atoms with Gasteiger partial charge in [-0.15, -0.1) is 0 Å². The van der Waals surface area contributed by atoms with Crippen LogP contribution in [-0.4, -0.2) is 19.1 Å². The van der Waals surface area contributed by atoms with E-state index in [0.29, 0.717) is 16.8 Å². The third-order valence-electron chi connectivity index (χ3n) is 3.35. The zero-order valence-electron chi connectivity index (χ0n) is 13.1. The van der Waals surface area contributed by atoms with Crippen molar-refractivity contribution in [3.63, 3.8) is 0 Å². The molecule has 0 spiro atoms. The average Bonchev–Trinajstić information content (AvgIpc) is 2.54. The van der Waals surface area contributed by atoms with Crippen LogP contribution >= 0.6 is 11.6 Å². The first-order valence-electron chi connectivity index (χ1n) is 7.12. The van der Waals surface area contributed by atoms with Gasteiger partial charge in [0.15, 0.2) is 17.5 Å². The van der Waals surface area contributed by atoms with E-state index in [-0.39, 0.29) is 13.2 Å². The Balaban J connectivity index is 1.91. The Labute approximate surface area is 142 Å². The predicted molar refractivity (Wildman–Crippen MR) is 85.1 cm³/mol. The predicted octanol–water partition coefficient (Wildman–Crippen LogP) is 4.18. The molecule has 2 aromatic carbocycles. The standard InChI is InChI=1S/C17H15ClF3NO2/c1-9-7-11(8-10(2)14(9)18)24-6-5-22-17(23)12-3-4-13(19)16(21)15(12)20/h3-4,7-8H,5-6H2,1-2H3,(H,22,23). The first-order chi connectivity index (χ1) is 11.3. The summed E-state index contributed by atoms with van der Waals surface area (Å²) in [7, 11) is 0. The highest BCUT2D eigenvalue weighted by Crippen LogP contribution is 2.25. The Morgan fingerprint density at radius 3 is 2.38 bits per heavy atom. The molecule has 0 fully saturated rings. The number of rotatable bonds is 5. The normalized spacial score (nSPS) is 10.6. The van der Waals surface area contributed by atoms with E-state index in [4.69, 9.17) is 16.3 Å². The highest BCUT2D eigenvalue weighted by atomic mass is 35.5. The van der Waals surface area contributed by atoms with Gasteiger partial charge in [0.2, 0.25) is 0 Å². The monoisotopic (exact) mass is 357 g/mol. The smallest absolute Gasteiger partial charge is 0.254 e. The molecule has 0 unspecified atom stereocenters. The summed E-state index contributed by atoms with van der Waals surface area (Å²) >= 11 is 6.05. The van der Waals surface area contributed by atoms with Crippen molar-refractivity contribution < 1.29 is 22.7 Å². The molecule has 24 heavy (non-hydrogen) atoms. The molecule has 0 radical (unpaired) electrons. The van der Waals surface area contributed by atoms with E-state index in [0.717, 1.165) is 17.2 Å². The van der Waals surface area contributed by atoms with Crippen molar-refractivity contribution in [3.8, 4) is 5.75 Å². The molecule has 2 rings (SSSR count). The van der Waals surface area contributed by atoms with Gasteiger partial charge in [-0.1, -0.05) is 11.6 Å². The number of hydrogen-bond acceptors (Lipinski definition) is 2. The van der Waals surface area contributed by atoms with Crippen molar-refractivity contribution in [2.24, 2.45) is 0 Å². The van der Waals surface area contributed by atoms with Crippen molar-refractivity contribution in [1.82, 2.24) is 5.32 Å². The maximum atomic E-state index is 13.5. The van der Waals surface area contributed by atoms with Crippen LogP contribution < -0.4 is 10.1 Å². The molecule has 0 saturated carbocycles. The highest BCUT2D eigenvalue weighted by molar-refractivity contribution is 6.32. The fourth-order valence-corrected chi connectivity index (χ4v) is 2.23. The molecule has 0 aliphatic heterocycles. The summed E-state index contributed by atoms with van der Waals surface area (Å²) in [4.78, 5) is 11.8. The van der Waals surface area contributed by atoms with Gasteiger partial charge in [-0.3, -0.25) is 4.79 Å². The van der Waals surface area contributed by atoms with Gasteiger partial charge < -0.3 is 10.1 Å². The number of carbonyl (C=O) groups is 1. The van der Waals surface area contributed by atoms with Crippen LogP contribution in [0.2, 0.25) is 5.02 Å². The molecule has 128 valence electrons. The quantitative estimate of drug-likeness (QED) is 0.644. The Morgan fingerprint density at radius 2 is 1.75 bits per heavy atom. The van der Waals surface area contributed by atoms with E-state index in [1.54, 1.807) is 12.1 Å². The number of ether oxygens (including phenoxy) is 1. The van der Waals surface area contributed by atoms with E-state index < -0.39 is 28.9 Å². The van der Waals surface area contributed by atoms with Gasteiger partial charge in [0, 0.05) is 5.02 Å². The number of halogens is 4. The molecule has 0 aromatic heterocycles. The fourth-order valence-electron chi connectivity index (χ4n) is 2.12. The van der Waals surface area contributed by atoms with Crippen LogP contribution in [0.3, 0.4) is 0 Å². The van der Waals surface area contributed by atoms with E-state index in [2.05, 4.69) is 5.32 Å². The second-order valence-corrected chi connectivity index (χ2v) is 5.58. The molecule has 0 heterocycles.